The molecule has 0 saturated carbocycles. The number of nitrogens with zero attached hydrogens (tertiary/aromatic N) is 3. The minimum atomic E-state index is -0.443. The van der Waals surface area contributed by atoms with Crippen molar-refractivity contribution in [1.29, 1.82) is 0 Å². The van der Waals surface area contributed by atoms with Gasteiger partial charge in [-0.2, -0.15) is 11.8 Å². The Labute approximate surface area is 170 Å². The average Bonchev–Trinajstić information content (AvgIpc) is 2.62. The highest BCUT2D eigenvalue weighted by Crippen LogP contribution is 2.20. The predicted molar refractivity (Wildman–Crippen MR) is 117 cm³/mol. The lowest BCUT2D eigenvalue weighted by molar-refractivity contribution is 0.0214. The van der Waals surface area contributed by atoms with Gasteiger partial charge in [-0.1, -0.05) is 0 Å². The Balaban J connectivity index is 2.40. The van der Waals surface area contributed by atoms with Crippen LogP contribution in [-0.4, -0.2) is 79.2 Å². The van der Waals surface area contributed by atoms with Gasteiger partial charge < -0.3 is 19.9 Å². The fourth-order valence-corrected chi connectivity index (χ4v) is 3.69. The summed E-state index contributed by atoms with van der Waals surface area (Å²) in [5.41, 5.74) is -0.443. The van der Waals surface area contributed by atoms with Crippen LogP contribution in [0.3, 0.4) is 0 Å². The van der Waals surface area contributed by atoms with Gasteiger partial charge in [0.15, 0.2) is 5.96 Å². The van der Waals surface area contributed by atoms with Gasteiger partial charge in [0.25, 0.3) is 0 Å². The molecule has 0 aromatic heterocycles. The van der Waals surface area contributed by atoms with E-state index in [1.807, 2.05) is 51.4 Å². The molecule has 0 spiro atoms. The summed E-state index contributed by atoms with van der Waals surface area (Å²) in [4.78, 5) is 21.0. The second-order valence-electron chi connectivity index (χ2n) is 8.12. The van der Waals surface area contributed by atoms with Gasteiger partial charge in [-0.25, -0.2) is 4.79 Å². The second kappa shape index (κ2) is 12.4. The highest BCUT2D eigenvalue weighted by Gasteiger charge is 2.27. The Morgan fingerprint density at radius 1 is 1.30 bits per heavy atom. The molecule has 0 aliphatic carbocycles. The molecule has 0 aromatic carbocycles. The zero-order valence-corrected chi connectivity index (χ0v) is 19.0. The third kappa shape index (κ3) is 9.58. The summed E-state index contributed by atoms with van der Waals surface area (Å²) in [7, 11) is 1.86. The summed E-state index contributed by atoms with van der Waals surface area (Å²) in [5, 5.41) is 3.49. The van der Waals surface area contributed by atoms with Crippen molar-refractivity contribution in [2.45, 2.75) is 59.0 Å². The largest absolute Gasteiger partial charge is 0.444 e. The molecule has 0 radical (unpaired) electrons. The number of thioether (sulfide) groups is 1. The van der Waals surface area contributed by atoms with Gasteiger partial charge in [0.1, 0.15) is 5.60 Å². The predicted octanol–water partition coefficient (Wildman–Crippen LogP) is 3.67. The van der Waals surface area contributed by atoms with Gasteiger partial charge in [0.2, 0.25) is 0 Å². The number of amides is 1. The topological polar surface area (TPSA) is 57.2 Å². The molecular formula is C20H40N4O2S. The zero-order chi connectivity index (χ0) is 20.3. The number of aliphatic imine (C=N–C) groups is 1. The van der Waals surface area contributed by atoms with Crippen molar-refractivity contribution in [3.63, 3.8) is 0 Å². The van der Waals surface area contributed by atoms with E-state index in [2.05, 4.69) is 21.5 Å². The summed E-state index contributed by atoms with van der Waals surface area (Å²) in [5.74, 6) is 2.75. The number of ether oxygens (including phenoxy) is 1. The van der Waals surface area contributed by atoms with E-state index >= 15 is 0 Å². The van der Waals surface area contributed by atoms with Crippen molar-refractivity contribution in [1.82, 2.24) is 15.1 Å². The zero-order valence-electron chi connectivity index (χ0n) is 18.2. The monoisotopic (exact) mass is 400 g/mol. The Morgan fingerprint density at radius 3 is 2.48 bits per heavy atom. The van der Waals surface area contributed by atoms with Gasteiger partial charge in [0, 0.05) is 39.8 Å². The first kappa shape index (κ1) is 23.9. The van der Waals surface area contributed by atoms with Crippen LogP contribution in [0.1, 0.15) is 53.4 Å². The highest BCUT2D eigenvalue weighted by atomic mass is 32.2. The van der Waals surface area contributed by atoms with E-state index in [-0.39, 0.29) is 6.09 Å². The molecule has 6 nitrogen and oxygen atoms in total. The molecule has 0 aromatic rings. The van der Waals surface area contributed by atoms with Crippen LogP contribution < -0.4 is 5.32 Å². The molecule has 158 valence electrons. The van der Waals surface area contributed by atoms with Crippen molar-refractivity contribution in [2.75, 3.05) is 51.8 Å². The lowest BCUT2D eigenvalue weighted by Gasteiger charge is -2.36. The Bertz CT molecular complexity index is 457. The van der Waals surface area contributed by atoms with Gasteiger partial charge in [0.05, 0.1) is 0 Å². The quantitative estimate of drug-likeness (QED) is 0.383. The number of hydrogen-bond acceptors (Lipinski definition) is 4. The van der Waals surface area contributed by atoms with E-state index in [0.717, 1.165) is 45.0 Å². The standard InChI is InChI=1S/C20H40N4O2S/c1-7-23(19(25)26-20(2,3)4)16-17-10-13-24(14-11-17)18(21-5)22-12-8-9-15-27-6/h17H,7-16H2,1-6H3,(H,21,22). The van der Waals surface area contributed by atoms with Crippen LogP contribution in [0.4, 0.5) is 4.79 Å². The number of nitrogens with one attached hydrogen (secondary N) is 1. The molecule has 0 bridgehead atoms. The fourth-order valence-electron chi connectivity index (χ4n) is 3.20. The third-order valence-electron chi connectivity index (χ3n) is 4.70. The molecule has 1 fully saturated rings. The van der Waals surface area contributed by atoms with E-state index in [9.17, 15) is 4.79 Å². The first-order valence-electron chi connectivity index (χ1n) is 10.2. The maximum absolute atomic E-state index is 12.3. The van der Waals surface area contributed by atoms with Crippen molar-refractivity contribution in [2.24, 2.45) is 10.9 Å². The Hall–Kier alpha value is -1.11. The molecule has 27 heavy (non-hydrogen) atoms. The first-order valence-corrected chi connectivity index (χ1v) is 11.6. The summed E-state index contributed by atoms with van der Waals surface area (Å²) < 4.78 is 5.53. The third-order valence-corrected chi connectivity index (χ3v) is 5.39. The molecule has 1 amide bonds. The average molecular weight is 401 g/mol. The number of carbonyl (C=O) groups excluding carboxylic acids is 1. The van der Waals surface area contributed by atoms with Crippen LogP contribution in [0, 0.1) is 5.92 Å². The number of unbranched alkanes of at least 4 members (excludes halogenated alkanes) is 1. The summed E-state index contributed by atoms with van der Waals surface area (Å²) in [6, 6.07) is 0. The highest BCUT2D eigenvalue weighted by molar-refractivity contribution is 7.98. The van der Waals surface area contributed by atoms with Crippen molar-refractivity contribution >= 4 is 23.8 Å². The SMILES string of the molecule is CCN(CC1CCN(C(=NC)NCCCCSC)CC1)C(=O)OC(C)(C)C. The maximum atomic E-state index is 12.3. The van der Waals surface area contributed by atoms with E-state index in [1.165, 1.54) is 18.6 Å². The van der Waals surface area contributed by atoms with E-state index < -0.39 is 5.60 Å². The van der Waals surface area contributed by atoms with Crippen LogP contribution in [0.5, 0.6) is 0 Å². The summed E-state index contributed by atoms with van der Waals surface area (Å²) in [6.07, 6.45) is 6.52. The van der Waals surface area contributed by atoms with Crippen molar-refractivity contribution < 1.29 is 9.53 Å². The van der Waals surface area contributed by atoms with E-state index in [4.69, 9.17) is 4.74 Å². The van der Waals surface area contributed by atoms with E-state index in [1.54, 1.807) is 0 Å². The lowest BCUT2D eigenvalue weighted by Crippen LogP contribution is -2.48. The molecule has 1 saturated heterocycles. The molecule has 1 aliphatic heterocycles. The van der Waals surface area contributed by atoms with Crippen molar-refractivity contribution in [3.8, 4) is 0 Å². The number of rotatable bonds is 8. The number of piperidine rings is 1. The molecule has 1 heterocycles. The molecule has 1 aliphatic rings. The molecule has 1 rings (SSSR count). The minimum absolute atomic E-state index is 0.199. The Kier molecular flexibility index (Phi) is 11.0. The second-order valence-corrected chi connectivity index (χ2v) is 9.11. The maximum Gasteiger partial charge on any atom is 0.410 e. The fraction of sp³-hybridized carbons (Fsp3) is 0.900. The number of likely N-dealkylation sites (tertiary alicyclic amines) is 1. The van der Waals surface area contributed by atoms with Crippen molar-refractivity contribution in [3.05, 3.63) is 0 Å². The molecule has 7 heteroatoms. The minimum Gasteiger partial charge on any atom is -0.444 e. The van der Waals surface area contributed by atoms with E-state index in [0.29, 0.717) is 12.5 Å². The van der Waals surface area contributed by atoms with Gasteiger partial charge in [-0.3, -0.25) is 4.99 Å². The molecule has 1 N–H and O–H groups in total. The number of carbonyl (C=O) groups is 1. The van der Waals surface area contributed by atoms with Crippen LogP contribution in [0.2, 0.25) is 0 Å². The molecule has 0 atom stereocenters. The van der Waals surface area contributed by atoms with Gasteiger partial charge in [-0.05, 0) is 71.3 Å². The summed E-state index contributed by atoms with van der Waals surface area (Å²) >= 11 is 1.90. The number of guanidine groups is 1. The van der Waals surface area contributed by atoms with Gasteiger partial charge >= 0.3 is 6.09 Å². The number of hydrogen-bond donors (Lipinski definition) is 1. The van der Waals surface area contributed by atoms with Crippen LogP contribution >= 0.6 is 11.8 Å². The van der Waals surface area contributed by atoms with Crippen LogP contribution in [0.15, 0.2) is 4.99 Å². The van der Waals surface area contributed by atoms with Gasteiger partial charge in [-0.15, -0.1) is 0 Å². The Morgan fingerprint density at radius 2 is 1.96 bits per heavy atom. The summed E-state index contributed by atoms with van der Waals surface area (Å²) in [6.45, 7) is 12.2. The molecular weight excluding hydrogens is 360 g/mol. The lowest BCUT2D eigenvalue weighted by atomic mass is 9.96. The molecule has 0 unspecified atom stereocenters. The smallest absolute Gasteiger partial charge is 0.410 e. The van der Waals surface area contributed by atoms with Crippen LogP contribution in [0.25, 0.3) is 0 Å². The first-order chi connectivity index (χ1) is 12.8. The normalized spacial score (nSPS) is 16.4. The van der Waals surface area contributed by atoms with Crippen LogP contribution in [-0.2, 0) is 4.74 Å².